The first kappa shape index (κ1) is 17.1. The van der Waals surface area contributed by atoms with Crippen molar-refractivity contribution >= 4 is 11.8 Å². The molecule has 126 valence electrons. The number of rotatable bonds is 5. The molecule has 2 rings (SSSR count). The Morgan fingerprint density at radius 2 is 1.70 bits per heavy atom. The van der Waals surface area contributed by atoms with E-state index in [9.17, 15) is 9.59 Å². The van der Waals surface area contributed by atoms with Gasteiger partial charge in [0.1, 0.15) is 11.5 Å². The van der Waals surface area contributed by atoms with Crippen LogP contribution in [-0.2, 0) is 4.79 Å². The minimum atomic E-state index is -0.275. The molecule has 0 atom stereocenters. The number of ether oxygens (including phenoxy) is 2. The third-order valence-electron chi connectivity index (χ3n) is 4.39. The number of nitrogens with zero attached hydrogens (tertiary/aromatic N) is 1. The van der Waals surface area contributed by atoms with E-state index in [1.165, 1.54) is 0 Å². The molecule has 1 heterocycles. The van der Waals surface area contributed by atoms with Gasteiger partial charge in [0.05, 0.1) is 14.2 Å². The number of carbonyl (C=O) groups is 2. The lowest BCUT2D eigenvalue weighted by Gasteiger charge is -2.31. The summed E-state index contributed by atoms with van der Waals surface area (Å²) in [4.78, 5) is 25.5. The van der Waals surface area contributed by atoms with Gasteiger partial charge in [0.2, 0.25) is 5.91 Å². The topological polar surface area (TPSA) is 81.9 Å². The molecule has 6 heteroatoms. The van der Waals surface area contributed by atoms with Crippen LogP contribution in [0.2, 0.25) is 0 Å². The van der Waals surface area contributed by atoms with Crippen molar-refractivity contribution in [1.82, 2.24) is 4.90 Å². The van der Waals surface area contributed by atoms with Crippen LogP contribution in [0.4, 0.5) is 0 Å². The Morgan fingerprint density at radius 3 is 2.13 bits per heavy atom. The van der Waals surface area contributed by atoms with Crippen molar-refractivity contribution in [2.75, 3.05) is 27.3 Å². The summed E-state index contributed by atoms with van der Waals surface area (Å²) < 4.78 is 10.6. The summed E-state index contributed by atoms with van der Waals surface area (Å²) in [5.41, 5.74) is 6.66. The van der Waals surface area contributed by atoms with E-state index in [4.69, 9.17) is 15.2 Å². The van der Waals surface area contributed by atoms with E-state index in [0.29, 0.717) is 36.6 Å². The zero-order valence-electron chi connectivity index (χ0n) is 13.9. The predicted molar refractivity (Wildman–Crippen MR) is 86.7 cm³/mol. The number of nitrogens with two attached hydrogens (primary N) is 1. The van der Waals surface area contributed by atoms with Crippen LogP contribution >= 0.6 is 0 Å². The van der Waals surface area contributed by atoms with E-state index in [1.807, 2.05) is 6.92 Å². The lowest BCUT2D eigenvalue weighted by molar-refractivity contribution is -0.119. The summed E-state index contributed by atoms with van der Waals surface area (Å²) in [5.74, 6) is 1.23. The number of likely N-dealkylation sites (tertiary alicyclic amines) is 1. The molecule has 0 unspecified atom stereocenters. The summed E-state index contributed by atoms with van der Waals surface area (Å²) >= 11 is 0. The highest BCUT2D eigenvalue weighted by atomic mass is 16.5. The second-order valence-corrected chi connectivity index (χ2v) is 5.91. The Bertz CT molecular complexity index is 567. The maximum atomic E-state index is 12.7. The van der Waals surface area contributed by atoms with Crippen LogP contribution in [-0.4, -0.2) is 44.0 Å². The Labute approximate surface area is 136 Å². The van der Waals surface area contributed by atoms with E-state index < -0.39 is 0 Å². The predicted octanol–water partition coefficient (Wildman–Crippen LogP) is 1.74. The number of hydrogen-bond acceptors (Lipinski definition) is 4. The highest BCUT2D eigenvalue weighted by Crippen LogP contribution is 2.30. The third-order valence-corrected chi connectivity index (χ3v) is 4.39. The Hall–Kier alpha value is -2.24. The quantitative estimate of drug-likeness (QED) is 0.896. The van der Waals surface area contributed by atoms with Gasteiger partial charge in [0.15, 0.2) is 0 Å². The first-order chi connectivity index (χ1) is 11.0. The van der Waals surface area contributed by atoms with Gasteiger partial charge in [-0.05, 0) is 37.8 Å². The van der Waals surface area contributed by atoms with Crippen molar-refractivity contribution < 1.29 is 19.1 Å². The second-order valence-electron chi connectivity index (χ2n) is 5.91. The first-order valence-electron chi connectivity index (χ1n) is 7.76. The summed E-state index contributed by atoms with van der Waals surface area (Å²) in [7, 11) is 3.15. The number of primary amides is 1. The average Bonchev–Trinajstić information content (AvgIpc) is 2.54. The summed E-state index contributed by atoms with van der Waals surface area (Å²) in [6, 6.07) is 3.49. The van der Waals surface area contributed by atoms with Crippen molar-refractivity contribution in [2.24, 2.45) is 11.7 Å². The molecule has 1 aliphatic rings. The van der Waals surface area contributed by atoms with Crippen LogP contribution in [0.25, 0.3) is 0 Å². The fourth-order valence-corrected chi connectivity index (χ4v) is 3.02. The molecule has 6 nitrogen and oxygen atoms in total. The molecule has 1 fully saturated rings. The van der Waals surface area contributed by atoms with Crippen molar-refractivity contribution in [1.29, 1.82) is 0 Å². The van der Waals surface area contributed by atoms with Gasteiger partial charge in [-0.25, -0.2) is 0 Å². The molecule has 0 radical (unpaired) electrons. The molecule has 1 saturated heterocycles. The van der Waals surface area contributed by atoms with Crippen LogP contribution in [0, 0.1) is 12.8 Å². The molecule has 0 bridgehead atoms. The van der Waals surface area contributed by atoms with Gasteiger partial charge in [-0.2, -0.15) is 0 Å². The normalized spacial score (nSPS) is 15.3. The summed E-state index contributed by atoms with van der Waals surface area (Å²) in [5, 5.41) is 0. The van der Waals surface area contributed by atoms with Gasteiger partial charge < -0.3 is 20.1 Å². The van der Waals surface area contributed by atoms with Crippen LogP contribution in [0.15, 0.2) is 12.1 Å². The summed E-state index contributed by atoms with van der Waals surface area (Å²) in [6.07, 6.45) is 2.00. The Balaban J connectivity index is 2.11. The SMILES string of the molecule is COc1cc(C(=O)N2CCC(CC(N)=O)CC2)cc(OC)c1C. The maximum absolute atomic E-state index is 12.7. The van der Waals surface area contributed by atoms with Gasteiger partial charge in [-0.15, -0.1) is 0 Å². The van der Waals surface area contributed by atoms with E-state index in [2.05, 4.69) is 0 Å². The van der Waals surface area contributed by atoms with E-state index in [-0.39, 0.29) is 17.7 Å². The van der Waals surface area contributed by atoms with Gasteiger partial charge >= 0.3 is 0 Å². The van der Waals surface area contributed by atoms with E-state index in [1.54, 1.807) is 31.3 Å². The molecule has 0 aliphatic carbocycles. The molecule has 0 aromatic heterocycles. The third kappa shape index (κ3) is 3.94. The first-order valence-corrected chi connectivity index (χ1v) is 7.76. The number of benzene rings is 1. The van der Waals surface area contributed by atoms with Crippen LogP contribution < -0.4 is 15.2 Å². The molecule has 1 aromatic carbocycles. The number of carbonyl (C=O) groups excluding carboxylic acids is 2. The van der Waals surface area contributed by atoms with Gasteiger partial charge in [0, 0.05) is 30.6 Å². The largest absolute Gasteiger partial charge is 0.496 e. The molecule has 0 spiro atoms. The van der Waals surface area contributed by atoms with Gasteiger partial charge in [-0.3, -0.25) is 9.59 Å². The van der Waals surface area contributed by atoms with Crippen LogP contribution in [0.3, 0.4) is 0 Å². The number of hydrogen-bond donors (Lipinski definition) is 1. The molecule has 23 heavy (non-hydrogen) atoms. The highest BCUT2D eigenvalue weighted by molar-refractivity contribution is 5.95. The van der Waals surface area contributed by atoms with E-state index in [0.717, 1.165) is 18.4 Å². The molecule has 1 aliphatic heterocycles. The monoisotopic (exact) mass is 320 g/mol. The number of piperidine rings is 1. The Morgan fingerprint density at radius 1 is 1.17 bits per heavy atom. The molecule has 1 aromatic rings. The minimum Gasteiger partial charge on any atom is -0.496 e. The number of methoxy groups -OCH3 is 2. The molecule has 2 amide bonds. The minimum absolute atomic E-state index is 0.0425. The van der Waals surface area contributed by atoms with Crippen molar-refractivity contribution in [3.8, 4) is 11.5 Å². The van der Waals surface area contributed by atoms with Crippen molar-refractivity contribution in [3.63, 3.8) is 0 Å². The van der Waals surface area contributed by atoms with Crippen molar-refractivity contribution in [2.45, 2.75) is 26.2 Å². The maximum Gasteiger partial charge on any atom is 0.254 e. The second kappa shape index (κ2) is 7.35. The fourth-order valence-electron chi connectivity index (χ4n) is 3.02. The Kier molecular flexibility index (Phi) is 5.47. The zero-order valence-corrected chi connectivity index (χ0v) is 13.9. The lowest BCUT2D eigenvalue weighted by Crippen LogP contribution is -2.39. The van der Waals surface area contributed by atoms with Gasteiger partial charge in [0.25, 0.3) is 5.91 Å². The van der Waals surface area contributed by atoms with Gasteiger partial charge in [-0.1, -0.05) is 0 Å². The zero-order chi connectivity index (χ0) is 17.0. The van der Waals surface area contributed by atoms with E-state index >= 15 is 0 Å². The molecular weight excluding hydrogens is 296 g/mol. The highest BCUT2D eigenvalue weighted by Gasteiger charge is 2.25. The fraction of sp³-hybridized carbons (Fsp3) is 0.529. The molecule has 2 N–H and O–H groups in total. The number of amides is 2. The van der Waals surface area contributed by atoms with Crippen molar-refractivity contribution in [3.05, 3.63) is 23.3 Å². The molecular formula is C17H24N2O4. The standard InChI is InChI=1S/C17H24N2O4/c1-11-14(22-2)9-13(10-15(11)23-3)17(21)19-6-4-12(5-7-19)8-16(18)20/h9-10,12H,4-8H2,1-3H3,(H2,18,20). The average molecular weight is 320 g/mol. The smallest absolute Gasteiger partial charge is 0.254 e. The molecule has 0 saturated carbocycles. The summed E-state index contributed by atoms with van der Waals surface area (Å²) in [6.45, 7) is 3.16. The van der Waals surface area contributed by atoms with Crippen LogP contribution in [0.1, 0.15) is 35.2 Å². The lowest BCUT2D eigenvalue weighted by atomic mass is 9.93. The van der Waals surface area contributed by atoms with Crippen LogP contribution in [0.5, 0.6) is 11.5 Å².